The molecule has 0 saturated carbocycles. The monoisotopic (exact) mass is 474 g/mol. The van der Waals surface area contributed by atoms with Gasteiger partial charge in [-0.25, -0.2) is 0 Å². The van der Waals surface area contributed by atoms with E-state index in [0.717, 1.165) is 0 Å². The molecule has 0 heterocycles. The highest BCUT2D eigenvalue weighted by molar-refractivity contribution is 5.53. The summed E-state index contributed by atoms with van der Waals surface area (Å²) in [5.41, 5.74) is 0. The molecule has 6 atom stereocenters. The number of methoxy groups -OCH3 is 2. The van der Waals surface area contributed by atoms with Crippen molar-refractivity contribution in [3.05, 3.63) is 0 Å². The SMILES string of the molecule is CCC(CO)OC(CO)OC.CCC(CO)OC(CO)OCCC(CO)OC(C=O)OC. The number of carbonyl (C=O) groups excluding carboxylic acids is 1. The molecule has 0 radical (unpaired) electrons. The smallest absolute Gasteiger partial charge is 0.214 e. The van der Waals surface area contributed by atoms with E-state index in [2.05, 4.69) is 0 Å². The van der Waals surface area contributed by atoms with Crippen molar-refractivity contribution < 1.29 is 58.7 Å². The second-order valence-corrected chi connectivity index (χ2v) is 6.50. The lowest BCUT2D eigenvalue weighted by atomic mass is 10.3. The zero-order valence-corrected chi connectivity index (χ0v) is 19.5. The Labute approximate surface area is 189 Å². The summed E-state index contributed by atoms with van der Waals surface area (Å²) < 4.78 is 30.4. The second kappa shape index (κ2) is 23.4. The average molecular weight is 475 g/mol. The zero-order chi connectivity index (χ0) is 24.8. The molecule has 0 aliphatic carbocycles. The van der Waals surface area contributed by atoms with Crippen molar-refractivity contribution in [2.45, 2.75) is 70.3 Å². The number of aliphatic hydroxyl groups excluding tert-OH is 5. The van der Waals surface area contributed by atoms with Gasteiger partial charge in [0.15, 0.2) is 18.9 Å². The first-order valence-electron chi connectivity index (χ1n) is 10.6. The lowest BCUT2D eigenvalue weighted by Crippen LogP contribution is -2.32. The minimum absolute atomic E-state index is 0.0453. The van der Waals surface area contributed by atoms with Crippen LogP contribution in [0.3, 0.4) is 0 Å². The van der Waals surface area contributed by atoms with Crippen LogP contribution in [0.2, 0.25) is 0 Å². The van der Waals surface area contributed by atoms with E-state index in [1.807, 2.05) is 13.8 Å². The van der Waals surface area contributed by atoms with E-state index < -0.39 is 31.1 Å². The maximum atomic E-state index is 10.6. The number of aldehydes is 1. The van der Waals surface area contributed by atoms with Crippen LogP contribution in [0.5, 0.6) is 0 Å². The van der Waals surface area contributed by atoms with Crippen LogP contribution in [0.25, 0.3) is 0 Å². The van der Waals surface area contributed by atoms with Gasteiger partial charge < -0.3 is 54.0 Å². The van der Waals surface area contributed by atoms with Gasteiger partial charge in [0, 0.05) is 14.2 Å². The molecule has 0 aliphatic rings. The van der Waals surface area contributed by atoms with Gasteiger partial charge in [0.25, 0.3) is 0 Å². The lowest BCUT2D eigenvalue weighted by molar-refractivity contribution is -0.204. The number of rotatable bonds is 20. The Morgan fingerprint density at radius 3 is 1.53 bits per heavy atom. The highest BCUT2D eigenvalue weighted by Gasteiger charge is 2.18. The molecule has 0 fully saturated rings. The molecule has 0 bridgehead atoms. The fourth-order valence-electron chi connectivity index (χ4n) is 2.14. The molecule has 0 aliphatic heterocycles. The van der Waals surface area contributed by atoms with Crippen LogP contribution in [-0.2, 0) is 33.2 Å². The molecule has 0 aromatic carbocycles. The third kappa shape index (κ3) is 16.8. The Morgan fingerprint density at radius 2 is 1.19 bits per heavy atom. The topological polar surface area (TPSA) is 174 Å². The predicted molar refractivity (Wildman–Crippen MR) is 113 cm³/mol. The van der Waals surface area contributed by atoms with Gasteiger partial charge >= 0.3 is 0 Å². The maximum Gasteiger partial charge on any atom is 0.214 e. The number of carbonyl (C=O) groups is 1. The Morgan fingerprint density at radius 1 is 0.688 bits per heavy atom. The molecule has 12 nitrogen and oxygen atoms in total. The highest BCUT2D eigenvalue weighted by atomic mass is 16.7. The molecule has 12 heteroatoms. The number of ether oxygens (including phenoxy) is 6. The first kappa shape index (κ1) is 33.4. The van der Waals surface area contributed by atoms with Crippen molar-refractivity contribution in [1.82, 2.24) is 0 Å². The minimum atomic E-state index is -1.04. The Bertz CT molecular complexity index is 379. The molecule has 0 aromatic rings. The fourth-order valence-corrected chi connectivity index (χ4v) is 2.14. The van der Waals surface area contributed by atoms with E-state index in [4.69, 9.17) is 54.0 Å². The normalized spacial score (nSPS) is 16.9. The van der Waals surface area contributed by atoms with E-state index in [1.54, 1.807) is 0 Å². The largest absolute Gasteiger partial charge is 0.394 e. The third-order valence-corrected chi connectivity index (χ3v) is 4.18. The Balaban J connectivity index is 0. The molecule has 0 saturated heterocycles. The molecular weight excluding hydrogens is 432 g/mol. The van der Waals surface area contributed by atoms with Crippen molar-refractivity contribution in [3.63, 3.8) is 0 Å². The molecule has 32 heavy (non-hydrogen) atoms. The van der Waals surface area contributed by atoms with Crippen LogP contribution >= 0.6 is 0 Å². The summed E-state index contributed by atoms with van der Waals surface area (Å²) in [5.74, 6) is 0. The van der Waals surface area contributed by atoms with E-state index in [-0.39, 0.29) is 45.7 Å². The van der Waals surface area contributed by atoms with Crippen LogP contribution < -0.4 is 0 Å². The van der Waals surface area contributed by atoms with E-state index >= 15 is 0 Å². The van der Waals surface area contributed by atoms with Crippen LogP contribution in [0.4, 0.5) is 0 Å². The summed E-state index contributed by atoms with van der Waals surface area (Å²) in [6.07, 6.45) is -1.71. The quantitative estimate of drug-likeness (QED) is 0.105. The van der Waals surface area contributed by atoms with Gasteiger partial charge in [0.05, 0.1) is 58.0 Å². The first-order valence-corrected chi connectivity index (χ1v) is 10.6. The third-order valence-electron chi connectivity index (χ3n) is 4.18. The Hall–Kier alpha value is -0.770. The lowest BCUT2D eigenvalue weighted by Gasteiger charge is -2.23. The van der Waals surface area contributed by atoms with Gasteiger partial charge in [-0.1, -0.05) is 13.8 Å². The van der Waals surface area contributed by atoms with Crippen molar-refractivity contribution in [2.75, 3.05) is 53.9 Å². The van der Waals surface area contributed by atoms with Crippen LogP contribution in [0.1, 0.15) is 33.1 Å². The second-order valence-electron chi connectivity index (χ2n) is 6.50. The summed E-state index contributed by atoms with van der Waals surface area (Å²) in [5, 5.41) is 44.6. The van der Waals surface area contributed by atoms with Crippen molar-refractivity contribution in [2.24, 2.45) is 0 Å². The number of hydrogen-bond acceptors (Lipinski definition) is 12. The highest BCUT2D eigenvalue weighted by Crippen LogP contribution is 2.07. The van der Waals surface area contributed by atoms with Crippen LogP contribution in [-0.4, -0.2) is 123 Å². The summed E-state index contributed by atoms with van der Waals surface area (Å²) in [7, 11) is 2.77. The van der Waals surface area contributed by atoms with Crippen molar-refractivity contribution in [1.29, 1.82) is 0 Å². The number of hydrogen-bond donors (Lipinski definition) is 5. The van der Waals surface area contributed by atoms with E-state index in [1.165, 1.54) is 14.2 Å². The molecule has 0 amide bonds. The fraction of sp³-hybridized carbons (Fsp3) is 0.950. The van der Waals surface area contributed by atoms with Gasteiger partial charge in [-0.3, -0.25) is 4.79 Å². The molecular formula is C20H42O12. The molecule has 0 spiro atoms. The van der Waals surface area contributed by atoms with E-state index in [9.17, 15) is 4.79 Å². The molecule has 6 unspecified atom stereocenters. The van der Waals surface area contributed by atoms with Gasteiger partial charge in [0.1, 0.15) is 0 Å². The summed E-state index contributed by atoms with van der Waals surface area (Å²) in [6.45, 7) is 2.84. The Kier molecular flexibility index (Phi) is 24.4. The standard InChI is InChI=1S/C13H26O8.C7H16O4/c1-3-10(6-14)20-13(9-17)19-5-4-11(7-15)21-12(8-16)18-2;1-3-6(4-8)11-7(5-9)10-2/h8,10-15,17H,3-7,9H2,1-2H3;6-9H,3-5H2,1-2H3. The van der Waals surface area contributed by atoms with Crippen LogP contribution in [0, 0.1) is 0 Å². The molecule has 5 N–H and O–H groups in total. The van der Waals surface area contributed by atoms with Gasteiger partial charge in [-0.05, 0) is 19.3 Å². The van der Waals surface area contributed by atoms with Crippen molar-refractivity contribution >= 4 is 6.29 Å². The van der Waals surface area contributed by atoms with Crippen LogP contribution in [0.15, 0.2) is 0 Å². The summed E-state index contributed by atoms with van der Waals surface area (Å²) in [4.78, 5) is 10.6. The van der Waals surface area contributed by atoms with E-state index in [0.29, 0.717) is 25.5 Å². The number of aliphatic hydroxyl groups is 5. The minimum Gasteiger partial charge on any atom is -0.394 e. The zero-order valence-electron chi connectivity index (χ0n) is 19.5. The maximum absolute atomic E-state index is 10.6. The first-order chi connectivity index (χ1) is 15.4. The molecule has 194 valence electrons. The molecule has 0 aromatic heterocycles. The molecule has 0 rings (SSSR count). The summed E-state index contributed by atoms with van der Waals surface area (Å²) in [6, 6.07) is 0. The van der Waals surface area contributed by atoms with Gasteiger partial charge in [-0.2, -0.15) is 0 Å². The van der Waals surface area contributed by atoms with Crippen molar-refractivity contribution in [3.8, 4) is 0 Å². The summed E-state index contributed by atoms with van der Waals surface area (Å²) >= 11 is 0. The predicted octanol–water partition coefficient (Wildman–Crippen LogP) is -1.21. The average Bonchev–Trinajstić information content (AvgIpc) is 2.84. The van der Waals surface area contributed by atoms with Gasteiger partial charge in [0.2, 0.25) is 6.29 Å². The van der Waals surface area contributed by atoms with Gasteiger partial charge in [-0.15, -0.1) is 0 Å².